The molecule has 3 rings (SSSR count). The van der Waals surface area contributed by atoms with Crippen LogP contribution in [0.15, 0.2) is 48.5 Å². The number of likely N-dealkylation sites (tertiary alicyclic amines) is 1. The lowest BCUT2D eigenvalue weighted by Gasteiger charge is -2.17. The quantitative estimate of drug-likeness (QED) is 0.893. The molecule has 2 aromatic carbocycles. The Balaban J connectivity index is 1.76. The van der Waals surface area contributed by atoms with Crippen molar-refractivity contribution < 1.29 is 23.8 Å². The van der Waals surface area contributed by atoms with Gasteiger partial charge in [0.25, 0.3) is 0 Å². The number of ether oxygens (including phenoxy) is 1. The number of methoxy groups -OCH3 is 1. The van der Waals surface area contributed by atoms with E-state index in [1.165, 1.54) is 12.1 Å². The lowest BCUT2D eigenvalue weighted by atomic mass is 9.89. The predicted molar refractivity (Wildman–Crippen MR) is 93.5 cm³/mol. The fourth-order valence-electron chi connectivity index (χ4n) is 3.40. The topological polar surface area (TPSA) is 66.8 Å². The van der Waals surface area contributed by atoms with Crippen LogP contribution in [0, 0.1) is 11.7 Å². The van der Waals surface area contributed by atoms with Gasteiger partial charge in [-0.3, -0.25) is 9.59 Å². The molecule has 0 unspecified atom stereocenters. The van der Waals surface area contributed by atoms with Gasteiger partial charge in [0.05, 0.1) is 19.4 Å². The largest absolute Gasteiger partial charge is 0.497 e. The van der Waals surface area contributed by atoms with E-state index in [0.29, 0.717) is 11.3 Å². The molecule has 2 aromatic rings. The molecule has 1 amide bonds. The van der Waals surface area contributed by atoms with Crippen molar-refractivity contribution in [3.05, 3.63) is 65.5 Å². The van der Waals surface area contributed by atoms with Crippen LogP contribution >= 0.6 is 0 Å². The van der Waals surface area contributed by atoms with Gasteiger partial charge in [0.15, 0.2) is 0 Å². The summed E-state index contributed by atoms with van der Waals surface area (Å²) in [6, 6.07) is 13.1. The third kappa shape index (κ3) is 3.85. The highest BCUT2D eigenvalue weighted by atomic mass is 19.1. The summed E-state index contributed by atoms with van der Waals surface area (Å²) >= 11 is 0. The van der Waals surface area contributed by atoms with Crippen LogP contribution in [0.4, 0.5) is 4.39 Å². The Labute approximate surface area is 151 Å². The standard InChI is InChI=1S/C20H20FNO4/c1-26-16-7-2-4-13(8-16)9-19(23)22-11-17(18(12-22)20(24)25)14-5-3-6-15(21)10-14/h2-8,10,17-18H,9,11-12H2,1H3,(H,24,25)/t17-,18+/m1/s1. The normalized spacial score (nSPS) is 19.4. The Morgan fingerprint density at radius 1 is 1.19 bits per heavy atom. The molecular formula is C20H20FNO4. The number of halogens is 1. The summed E-state index contributed by atoms with van der Waals surface area (Å²) in [5.41, 5.74) is 1.41. The van der Waals surface area contributed by atoms with E-state index < -0.39 is 23.6 Å². The average Bonchev–Trinajstić information content (AvgIpc) is 3.08. The highest BCUT2D eigenvalue weighted by Gasteiger charge is 2.40. The molecule has 0 spiro atoms. The Morgan fingerprint density at radius 2 is 1.96 bits per heavy atom. The molecule has 26 heavy (non-hydrogen) atoms. The summed E-state index contributed by atoms with van der Waals surface area (Å²) in [5, 5.41) is 9.52. The third-order valence-electron chi connectivity index (χ3n) is 4.76. The smallest absolute Gasteiger partial charge is 0.308 e. The number of carbonyl (C=O) groups is 2. The van der Waals surface area contributed by atoms with Crippen LogP contribution in [-0.4, -0.2) is 42.1 Å². The molecule has 0 saturated carbocycles. The average molecular weight is 357 g/mol. The lowest BCUT2D eigenvalue weighted by molar-refractivity contribution is -0.141. The van der Waals surface area contributed by atoms with Gasteiger partial charge in [0.2, 0.25) is 5.91 Å². The second-order valence-corrected chi connectivity index (χ2v) is 6.43. The molecular weight excluding hydrogens is 337 g/mol. The second-order valence-electron chi connectivity index (χ2n) is 6.43. The van der Waals surface area contributed by atoms with Crippen molar-refractivity contribution in [3.63, 3.8) is 0 Å². The maximum absolute atomic E-state index is 13.5. The number of hydrogen-bond donors (Lipinski definition) is 1. The van der Waals surface area contributed by atoms with E-state index in [-0.39, 0.29) is 25.4 Å². The molecule has 1 heterocycles. The van der Waals surface area contributed by atoms with Crippen LogP contribution in [0.25, 0.3) is 0 Å². The van der Waals surface area contributed by atoms with Crippen LogP contribution in [0.1, 0.15) is 17.0 Å². The first kappa shape index (κ1) is 17.9. The predicted octanol–water partition coefficient (Wildman–Crippen LogP) is 2.70. The number of nitrogens with zero attached hydrogens (tertiary/aromatic N) is 1. The number of carbonyl (C=O) groups excluding carboxylic acids is 1. The Bertz CT molecular complexity index is 823. The summed E-state index contributed by atoms with van der Waals surface area (Å²) in [4.78, 5) is 25.8. The van der Waals surface area contributed by atoms with E-state index in [0.717, 1.165) is 5.56 Å². The number of amides is 1. The summed E-state index contributed by atoms with van der Waals surface area (Å²) in [5.74, 6) is -2.03. The lowest BCUT2D eigenvalue weighted by Crippen LogP contribution is -2.31. The maximum Gasteiger partial charge on any atom is 0.308 e. The van der Waals surface area contributed by atoms with Crippen molar-refractivity contribution in [2.75, 3.05) is 20.2 Å². The molecule has 136 valence electrons. The van der Waals surface area contributed by atoms with Gasteiger partial charge in [0, 0.05) is 19.0 Å². The van der Waals surface area contributed by atoms with Crippen molar-refractivity contribution in [2.24, 2.45) is 5.92 Å². The molecule has 1 saturated heterocycles. The van der Waals surface area contributed by atoms with E-state index >= 15 is 0 Å². The Hall–Kier alpha value is -2.89. The van der Waals surface area contributed by atoms with Gasteiger partial charge in [-0.25, -0.2) is 4.39 Å². The summed E-state index contributed by atoms with van der Waals surface area (Å²) in [6.45, 7) is 0.391. The molecule has 5 nitrogen and oxygen atoms in total. The van der Waals surface area contributed by atoms with E-state index in [4.69, 9.17) is 4.74 Å². The van der Waals surface area contributed by atoms with Crippen molar-refractivity contribution in [3.8, 4) is 5.75 Å². The first-order valence-electron chi connectivity index (χ1n) is 8.37. The highest BCUT2D eigenvalue weighted by Crippen LogP contribution is 2.33. The minimum Gasteiger partial charge on any atom is -0.497 e. The molecule has 1 aliphatic heterocycles. The van der Waals surface area contributed by atoms with Gasteiger partial charge in [0.1, 0.15) is 11.6 Å². The van der Waals surface area contributed by atoms with Gasteiger partial charge in [-0.2, -0.15) is 0 Å². The highest BCUT2D eigenvalue weighted by molar-refractivity contribution is 5.81. The van der Waals surface area contributed by atoms with E-state index in [9.17, 15) is 19.1 Å². The molecule has 1 fully saturated rings. The Kier molecular flexibility index (Phi) is 5.21. The van der Waals surface area contributed by atoms with Crippen molar-refractivity contribution >= 4 is 11.9 Å². The van der Waals surface area contributed by atoms with Gasteiger partial charge in [-0.15, -0.1) is 0 Å². The monoisotopic (exact) mass is 357 g/mol. The summed E-state index contributed by atoms with van der Waals surface area (Å²) in [6.07, 6.45) is 0.166. The van der Waals surface area contributed by atoms with Crippen LogP contribution < -0.4 is 4.74 Å². The number of hydrogen-bond acceptors (Lipinski definition) is 3. The maximum atomic E-state index is 13.5. The molecule has 0 radical (unpaired) electrons. The van der Waals surface area contributed by atoms with Crippen LogP contribution in [0.3, 0.4) is 0 Å². The second kappa shape index (κ2) is 7.56. The van der Waals surface area contributed by atoms with Crippen LogP contribution in [-0.2, 0) is 16.0 Å². The van der Waals surface area contributed by atoms with Crippen LogP contribution in [0.2, 0.25) is 0 Å². The summed E-state index contributed by atoms with van der Waals surface area (Å²) < 4.78 is 18.7. The van der Waals surface area contributed by atoms with E-state index in [2.05, 4.69) is 0 Å². The summed E-state index contributed by atoms with van der Waals surface area (Å²) in [7, 11) is 1.56. The van der Waals surface area contributed by atoms with Crippen molar-refractivity contribution in [1.82, 2.24) is 4.90 Å². The SMILES string of the molecule is COc1cccc(CC(=O)N2C[C@H](C(=O)O)[C@@H](c3cccc(F)c3)C2)c1. The Morgan fingerprint density at radius 3 is 2.65 bits per heavy atom. The van der Waals surface area contributed by atoms with Gasteiger partial charge in [-0.05, 0) is 35.4 Å². The number of carboxylic acids is 1. The number of aliphatic carboxylic acids is 1. The fraction of sp³-hybridized carbons (Fsp3) is 0.300. The molecule has 0 bridgehead atoms. The number of carboxylic acid groups (broad SMARTS) is 1. The molecule has 1 aliphatic rings. The van der Waals surface area contributed by atoms with E-state index in [1.807, 2.05) is 6.07 Å². The number of rotatable bonds is 5. The zero-order valence-electron chi connectivity index (χ0n) is 14.4. The first-order chi connectivity index (χ1) is 12.5. The van der Waals surface area contributed by atoms with Gasteiger partial charge >= 0.3 is 5.97 Å². The molecule has 0 aliphatic carbocycles. The minimum absolute atomic E-state index is 0.124. The first-order valence-corrected chi connectivity index (χ1v) is 8.37. The zero-order valence-corrected chi connectivity index (χ0v) is 14.4. The molecule has 6 heteroatoms. The van der Waals surface area contributed by atoms with Crippen LogP contribution in [0.5, 0.6) is 5.75 Å². The van der Waals surface area contributed by atoms with Crippen molar-refractivity contribution in [2.45, 2.75) is 12.3 Å². The molecule has 0 aromatic heterocycles. The van der Waals surface area contributed by atoms with E-state index in [1.54, 1.807) is 42.3 Å². The van der Waals surface area contributed by atoms with Crippen molar-refractivity contribution in [1.29, 1.82) is 0 Å². The fourth-order valence-corrected chi connectivity index (χ4v) is 3.40. The van der Waals surface area contributed by atoms with Gasteiger partial charge in [-0.1, -0.05) is 24.3 Å². The number of benzene rings is 2. The minimum atomic E-state index is -0.976. The van der Waals surface area contributed by atoms with Gasteiger partial charge < -0.3 is 14.7 Å². The molecule has 1 N–H and O–H groups in total. The zero-order chi connectivity index (χ0) is 18.7. The molecule has 2 atom stereocenters. The third-order valence-corrected chi connectivity index (χ3v) is 4.76.